The Kier molecular flexibility index (Phi) is 3.58. The fourth-order valence-electron chi connectivity index (χ4n) is 2.01. The Hall–Kier alpha value is -1.62. The maximum absolute atomic E-state index is 10.9. The van der Waals surface area contributed by atoms with Gasteiger partial charge in [0.2, 0.25) is 0 Å². The highest BCUT2D eigenvalue weighted by Crippen LogP contribution is 2.32. The summed E-state index contributed by atoms with van der Waals surface area (Å²) >= 11 is 0. The number of hydrogen-bond acceptors (Lipinski definition) is 4. The Bertz CT molecular complexity index is 414. The zero-order valence-electron chi connectivity index (χ0n) is 9.81. The molecule has 1 aliphatic heterocycles. The first-order valence-corrected chi connectivity index (χ1v) is 5.80. The van der Waals surface area contributed by atoms with Gasteiger partial charge in [-0.25, -0.2) is 0 Å². The van der Waals surface area contributed by atoms with Gasteiger partial charge in [-0.15, -0.1) is 0 Å². The van der Waals surface area contributed by atoms with Crippen LogP contribution in [0.15, 0.2) is 18.2 Å². The molecule has 5 heteroatoms. The van der Waals surface area contributed by atoms with Gasteiger partial charge in [-0.1, -0.05) is 12.1 Å². The molecule has 1 aromatic rings. The SMILES string of the molecule is Cc1cccc([N+](=O)[O-])c1OC1CCNCC1. The smallest absolute Gasteiger partial charge is 0.311 e. The number of hydrogen-bond donors (Lipinski definition) is 1. The van der Waals surface area contributed by atoms with Crippen LogP contribution in [0, 0.1) is 17.0 Å². The summed E-state index contributed by atoms with van der Waals surface area (Å²) in [4.78, 5) is 10.5. The van der Waals surface area contributed by atoms with Crippen LogP contribution in [0.2, 0.25) is 0 Å². The second kappa shape index (κ2) is 5.14. The summed E-state index contributed by atoms with van der Waals surface area (Å²) in [6.07, 6.45) is 1.87. The average molecular weight is 236 g/mol. The second-order valence-electron chi connectivity index (χ2n) is 4.25. The van der Waals surface area contributed by atoms with Gasteiger partial charge in [0.1, 0.15) is 6.10 Å². The monoisotopic (exact) mass is 236 g/mol. The molecule has 17 heavy (non-hydrogen) atoms. The molecule has 0 atom stereocenters. The minimum absolute atomic E-state index is 0.0588. The molecule has 0 aromatic heterocycles. The molecule has 0 aliphatic carbocycles. The number of rotatable bonds is 3. The predicted octanol–water partition coefficient (Wildman–Crippen LogP) is 2.03. The molecule has 0 bridgehead atoms. The van der Waals surface area contributed by atoms with Gasteiger partial charge in [-0.3, -0.25) is 10.1 Å². The topological polar surface area (TPSA) is 64.4 Å². The molecule has 92 valence electrons. The maximum Gasteiger partial charge on any atom is 0.311 e. The van der Waals surface area contributed by atoms with Crippen LogP contribution in [0.3, 0.4) is 0 Å². The van der Waals surface area contributed by atoms with Gasteiger partial charge in [0.05, 0.1) is 4.92 Å². The highest BCUT2D eigenvalue weighted by atomic mass is 16.6. The Morgan fingerprint density at radius 2 is 2.12 bits per heavy atom. The van der Waals surface area contributed by atoms with Crippen molar-refractivity contribution in [3.63, 3.8) is 0 Å². The molecule has 1 heterocycles. The molecule has 0 amide bonds. The van der Waals surface area contributed by atoms with E-state index in [9.17, 15) is 10.1 Å². The third kappa shape index (κ3) is 2.74. The molecule has 1 fully saturated rings. The van der Waals surface area contributed by atoms with Crippen LogP contribution < -0.4 is 10.1 Å². The number of benzene rings is 1. The first-order chi connectivity index (χ1) is 8.18. The summed E-state index contributed by atoms with van der Waals surface area (Å²) in [6, 6.07) is 5.01. The number of nitro groups is 1. The summed E-state index contributed by atoms with van der Waals surface area (Å²) in [7, 11) is 0. The molecule has 1 aliphatic rings. The fraction of sp³-hybridized carbons (Fsp3) is 0.500. The van der Waals surface area contributed by atoms with Crippen molar-refractivity contribution in [2.45, 2.75) is 25.9 Å². The van der Waals surface area contributed by atoms with Gasteiger partial charge >= 0.3 is 5.69 Å². The lowest BCUT2D eigenvalue weighted by atomic mass is 10.1. The van der Waals surface area contributed by atoms with Gasteiger partial charge < -0.3 is 10.1 Å². The van der Waals surface area contributed by atoms with Gasteiger partial charge in [0.25, 0.3) is 0 Å². The summed E-state index contributed by atoms with van der Waals surface area (Å²) < 4.78 is 5.80. The number of nitrogens with zero attached hydrogens (tertiary/aromatic N) is 1. The van der Waals surface area contributed by atoms with Crippen molar-refractivity contribution < 1.29 is 9.66 Å². The molecule has 1 saturated heterocycles. The first-order valence-electron chi connectivity index (χ1n) is 5.80. The van der Waals surface area contributed by atoms with Gasteiger partial charge in [0, 0.05) is 6.07 Å². The zero-order valence-corrected chi connectivity index (χ0v) is 9.81. The van der Waals surface area contributed by atoms with Crippen LogP contribution in [0.5, 0.6) is 5.75 Å². The molecular formula is C12H16N2O3. The van der Waals surface area contributed by atoms with E-state index in [0.29, 0.717) is 5.75 Å². The quantitative estimate of drug-likeness (QED) is 0.644. The van der Waals surface area contributed by atoms with E-state index in [-0.39, 0.29) is 16.7 Å². The van der Waals surface area contributed by atoms with Crippen molar-refractivity contribution >= 4 is 5.69 Å². The van der Waals surface area contributed by atoms with Crippen molar-refractivity contribution in [2.24, 2.45) is 0 Å². The van der Waals surface area contributed by atoms with E-state index in [1.807, 2.05) is 13.0 Å². The molecule has 1 N–H and O–H groups in total. The zero-order chi connectivity index (χ0) is 12.3. The van der Waals surface area contributed by atoms with Gasteiger partial charge in [-0.2, -0.15) is 0 Å². The summed E-state index contributed by atoms with van der Waals surface area (Å²) in [5, 5.41) is 14.2. The number of aryl methyl sites for hydroxylation is 1. The number of nitrogens with one attached hydrogen (secondary N) is 1. The molecule has 2 rings (SSSR count). The second-order valence-corrected chi connectivity index (χ2v) is 4.25. The highest BCUT2D eigenvalue weighted by molar-refractivity contribution is 5.51. The number of para-hydroxylation sites is 1. The van der Waals surface area contributed by atoms with E-state index < -0.39 is 0 Å². The van der Waals surface area contributed by atoms with E-state index >= 15 is 0 Å². The Morgan fingerprint density at radius 1 is 1.41 bits per heavy atom. The normalized spacial score (nSPS) is 16.8. The van der Waals surface area contributed by atoms with Crippen molar-refractivity contribution in [3.05, 3.63) is 33.9 Å². The molecule has 0 unspecified atom stereocenters. The van der Waals surface area contributed by atoms with Crippen LogP contribution in [0.25, 0.3) is 0 Å². The lowest BCUT2D eigenvalue weighted by Crippen LogP contribution is -2.34. The molecule has 0 saturated carbocycles. The van der Waals surface area contributed by atoms with Crippen molar-refractivity contribution in [3.8, 4) is 5.75 Å². The van der Waals surface area contributed by atoms with Crippen LogP contribution in [-0.2, 0) is 0 Å². The van der Waals surface area contributed by atoms with Crippen LogP contribution in [-0.4, -0.2) is 24.1 Å². The van der Waals surface area contributed by atoms with Gasteiger partial charge in [0.15, 0.2) is 5.75 Å². The minimum atomic E-state index is -0.386. The van der Waals surface area contributed by atoms with E-state index in [0.717, 1.165) is 31.5 Å². The van der Waals surface area contributed by atoms with Crippen LogP contribution in [0.1, 0.15) is 18.4 Å². The third-order valence-corrected chi connectivity index (χ3v) is 2.96. The Balaban J connectivity index is 2.21. The van der Waals surface area contributed by atoms with E-state index in [1.54, 1.807) is 6.07 Å². The third-order valence-electron chi connectivity index (χ3n) is 2.96. The van der Waals surface area contributed by atoms with Crippen LogP contribution >= 0.6 is 0 Å². The first kappa shape index (κ1) is 11.9. The molecule has 5 nitrogen and oxygen atoms in total. The number of ether oxygens (including phenoxy) is 1. The molecule has 1 aromatic carbocycles. The van der Waals surface area contributed by atoms with Crippen molar-refractivity contribution in [2.75, 3.05) is 13.1 Å². The number of nitro benzene ring substituents is 1. The summed E-state index contributed by atoms with van der Waals surface area (Å²) in [5.74, 6) is 0.421. The maximum atomic E-state index is 10.9. The lowest BCUT2D eigenvalue weighted by Gasteiger charge is -2.24. The van der Waals surface area contributed by atoms with E-state index in [2.05, 4.69) is 5.32 Å². The van der Waals surface area contributed by atoms with E-state index in [1.165, 1.54) is 6.07 Å². The number of piperidine rings is 1. The molecule has 0 radical (unpaired) electrons. The Morgan fingerprint density at radius 3 is 2.76 bits per heavy atom. The van der Waals surface area contributed by atoms with Crippen LogP contribution in [0.4, 0.5) is 5.69 Å². The fourth-order valence-corrected chi connectivity index (χ4v) is 2.01. The summed E-state index contributed by atoms with van der Waals surface area (Å²) in [5.41, 5.74) is 0.876. The predicted molar refractivity (Wildman–Crippen MR) is 64.4 cm³/mol. The largest absolute Gasteiger partial charge is 0.483 e. The standard InChI is InChI=1S/C12H16N2O3/c1-9-3-2-4-11(14(15)16)12(9)17-10-5-7-13-8-6-10/h2-4,10,13H,5-8H2,1H3. The highest BCUT2D eigenvalue weighted by Gasteiger charge is 2.22. The van der Waals surface area contributed by atoms with E-state index in [4.69, 9.17) is 4.74 Å². The molecule has 0 spiro atoms. The van der Waals surface area contributed by atoms with Crippen molar-refractivity contribution in [1.82, 2.24) is 5.32 Å². The van der Waals surface area contributed by atoms with Gasteiger partial charge in [-0.05, 0) is 38.4 Å². The molecular weight excluding hydrogens is 220 g/mol. The summed E-state index contributed by atoms with van der Waals surface area (Å²) in [6.45, 7) is 3.65. The lowest BCUT2D eigenvalue weighted by molar-refractivity contribution is -0.386. The minimum Gasteiger partial charge on any atom is -0.483 e. The van der Waals surface area contributed by atoms with Crippen molar-refractivity contribution in [1.29, 1.82) is 0 Å². The Labute approximate surface area is 99.9 Å². The average Bonchev–Trinajstić information content (AvgIpc) is 2.33.